The molecule has 0 aromatic heterocycles. The fourth-order valence-corrected chi connectivity index (χ4v) is 2.84. The van der Waals surface area contributed by atoms with Gasteiger partial charge in [0.05, 0.1) is 11.5 Å². The second kappa shape index (κ2) is 5.38. The van der Waals surface area contributed by atoms with Crippen LogP contribution in [0, 0.1) is 22.6 Å². The second-order valence-electron chi connectivity index (χ2n) is 5.38. The van der Waals surface area contributed by atoms with Crippen molar-refractivity contribution in [3.8, 4) is 11.8 Å². The summed E-state index contributed by atoms with van der Waals surface area (Å²) in [4.78, 5) is 0. The predicted molar refractivity (Wildman–Crippen MR) is 78.8 cm³/mol. The summed E-state index contributed by atoms with van der Waals surface area (Å²) in [7, 11) is 0. The Balaban J connectivity index is 1.91. The lowest BCUT2D eigenvalue weighted by Crippen LogP contribution is -2.35. The molecular formula is C17H13ClFNO. The maximum absolute atomic E-state index is 14.0. The van der Waals surface area contributed by atoms with Crippen molar-refractivity contribution in [2.75, 3.05) is 6.61 Å². The van der Waals surface area contributed by atoms with Crippen LogP contribution >= 0.6 is 11.6 Å². The van der Waals surface area contributed by atoms with Gasteiger partial charge in [0.2, 0.25) is 0 Å². The van der Waals surface area contributed by atoms with Crippen molar-refractivity contribution in [1.29, 1.82) is 5.26 Å². The first-order chi connectivity index (χ1) is 10.1. The summed E-state index contributed by atoms with van der Waals surface area (Å²) in [5.74, 6) is 0.427. The molecule has 1 heterocycles. The smallest absolute Gasteiger partial charge is 0.127 e. The van der Waals surface area contributed by atoms with Crippen LogP contribution in [0.5, 0.6) is 5.75 Å². The van der Waals surface area contributed by atoms with Gasteiger partial charge in [-0.1, -0.05) is 35.9 Å². The van der Waals surface area contributed by atoms with Crippen LogP contribution in [0.15, 0.2) is 42.5 Å². The molecular weight excluding hydrogens is 289 g/mol. The number of nitriles is 1. The molecule has 1 atom stereocenters. The number of hydrogen-bond donors (Lipinski definition) is 0. The first-order valence-electron chi connectivity index (χ1n) is 6.68. The molecule has 0 aliphatic carbocycles. The number of halogens is 2. The second-order valence-corrected chi connectivity index (χ2v) is 5.81. The maximum Gasteiger partial charge on any atom is 0.127 e. The summed E-state index contributed by atoms with van der Waals surface area (Å²) in [5, 5.41) is 9.95. The number of hydrogen-bond acceptors (Lipinski definition) is 2. The number of para-hydroxylation sites is 1. The van der Waals surface area contributed by atoms with Gasteiger partial charge in [-0.2, -0.15) is 5.26 Å². The molecule has 2 nitrogen and oxygen atoms in total. The standard InChI is InChI=1S/C17H13ClFNO/c18-14-6-5-12(15(19)7-14)8-17(10-20)9-13-3-1-2-4-16(13)21-11-17/h1-7H,8-9,11H2. The third-order valence-corrected chi connectivity index (χ3v) is 4.02. The highest BCUT2D eigenvalue weighted by molar-refractivity contribution is 6.30. The van der Waals surface area contributed by atoms with Crippen LogP contribution in [0.3, 0.4) is 0 Å². The van der Waals surface area contributed by atoms with Crippen LogP contribution in [0.4, 0.5) is 4.39 Å². The molecule has 0 fully saturated rings. The third kappa shape index (κ3) is 2.72. The molecule has 1 aliphatic heterocycles. The van der Waals surface area contributed by atoms with E-state index in [1.165, 1.54) is 6.07 Å². The van der Waals surface area contributed by atoms with Crippen molar-refractivity contribution in [2.24, 2.45) is 5.41 Å². The normalized spacial score (nSPS) is 20.2. The van der Waals surface area contributed by atoms with E-state index in [-0.39, 0.29) is 12.4 Å². The lowest BCUT2D eigenvalue weighted by atomic mass is 9.77. The predicted octanol–water partition coefficient (Wildman–Crippen LogP) is 4.17. The third-order valence-electron chi connectivity index (χ3n) is 3.79. The molecule has 2 aromatic rings. The Kier molecular flexibility index (Phi) is 3.57. The molecule has 106 valence electrons. The highest BCUT2D eigenvalue weighted by Crippen LogP contribution is 2.37. The minimum atomic E-state index is -0.747. The molecule has 1 aliphatic rings. The molecule has 2 aromatic carbocycles. The molecule has 0 N–H and O–H groups in total. The van der Waals surface area contributed by atoms with Crippen LogP contribution in [0.1, 0.15) is 11.1 Å². The van der Waals surface area contributed by atoms with Gasteiger partial charge in [0.15, 0.2) is 0 Å². The molecule has 0 amide bonds. The summed E-state index contributed by atoms with van der Waals surface area (Å²) < 4.78 is 19.7. The van der Waals surface area contributed by atoms with Gasteiger partial charge in [0.1, 0.15) is 18.2 Å². The number of benzene rings is 2. The molecule has 21 heavy (non-hydrogen) atoms. The number of ether oxygens (including phenoxy) is 1. The van der Waals surface area contributed by atoms with E-state index in [1.54, 1.807) is 12.1 Å². The molecule has 1 unspecified atom stereocenters. The molecule has 3 rings (SSSR count). The summed E-state index contributed by atoms with van der Waals surface area (Å²) in [5.41, 5.74) is 0.729. The Bertz CT molecular complexity index is 725. The van der Waals surface area contributed by atoms with Crippen molar-refractivity contribution in [3.63, 3.8) is 0 Å². The largest absolute Gasteiger partial charge is 0.492 e. The zero-order chi connectivity index (χ0) is 14.9. The van der Waals surface area contributed by atoms with E-state index in [4.69, 9.17) is 16.3 Å². The van der Waals surface area contributed by atoms with Crippen LogP contribution < -0.4 is 4.74 Å². The maximum atomic E-state index is 14.0. The average Bonchev–Trinajstić information content (AvgIpc) is 2.50. The van der Waals surface area contributed by atoms with Gasteiger partial charge >= 0.3 is 0 Å². The molecule has 4 heteroatoms. The van der Waals surface area contributed by atoms with E-state index < -0.39 is 5.41 Å². The van der Waals surface area contributed by atoms with Crippen LogP contribution in [0.2, 0.25) is 5.02 Å². The zero-order valence-electron chi connectivity index (χ0n) is 11.3. The first-order valence-corrected chi connectivity index (χ1v) is 7.06. The van der Waals surface area contributed by atoms with Crippen molar-refractivity contribution >= 4 is 11.6 Å². The van der Waals surface area contributed by atoms with Gasteiger partial charge in [-0.05, 0) is 42.2 Å². The fraction of sp³-hybridized carbons (Fsp3) is 0.235. The van der Waals surface area contributed by atoms with Gasteiger partial charge in [-0.3, -0.25) is 0 Å². The number of rotatable bonds is 2. The Morgan fingerprint density at radius 3 is 2.86 bits per heavy atom. The van der Waals surface area contributed by atoms with Gasteiger partial charge in [0, 0.05) is 5.02 Å². The van der Waals surface area contributed by atoms with Gasteiger partial charge in [-0.15, -0.1) is 0 Å². The highest BCUT2D eigenvalue weighted by atomic mass is 35.5. The summed E-state index contributed by atoms with van der Waals surface area (Å²) in [6, 6.07) is 14.5. The topological polar surface area (TPSA) is 33.0 Å². The van der Waals surface area contributed by atoms with Crippen molar-refractivity contribution < 1.29 is 9.13 Å². The Morgan fingerprint density at radius 2 is 2.10 bits per heavy atom. The summed E-state index contributed by atoms with van der Waals surface area (Å²) >= 11 is 5.77. The monoisotopic (exact) mass is 301 g/mol. The molecule has 0 saturated carbocycles. The lowest BCUT2D eigenvalue weighted by molar-refractivity contribution is 0.168. The number of fused-ring (bicyclic) bond motifs is 1. The SMILES string of the molecule is N#CC1(Cc2ccc(Cl)cc2F)COc2ccccc2C1. The van der Waals surface area contributed by atoms with Crippen molar-refractivity contribution in [3.05, 3.63) is 64.4 Å². The average molecular weight is 302 g/mol. The molecule has 0 bridgehead atoms. The molecule has 0 saturated heterocycles. The number of nitrogens with zero attached hydrogens (tertiary/aromatic N) is 1. The van der Waals surface area contributed by atoms with Gasteiger partial charge in [0.25, 0.3) is 0 Å². The van der Waals surface area contributed by atoms with Gasteiger partial charge < -0.3 is 4.74 Å². The Hall–Kier alpha value is -2.05. The van der Waals surface area contributed by atoms with E-state index in [9.17, 15) is 9.65 Å². The van der Waals surface area contributed by atoms with Gasteiger partial charge in [-0.25, -0.2) is 4.39 Å². The van der Waals surface area contributed by atoms with E-state index in [1.807, 2.05) is 24.3 Å². The molecule has 0 radical (unpaired) electrons. The highest BCUT2D eigenvalue weighted by Gasteiger charge is 2.37. The van der Waals surface area contributed by atoms with Crippen molar-refractivity contribution in [2.45, 2.75) is 12.8 Å². The van der Waals surface area contributed by atoms with Crippen LogP contribution in [-0.4, -0.2) is 6.61 Å². The minimum absolute atomic E-state index is 0.266. The van der Waals surface area contributed by atoms with E-state index >= 15 is 0 Å². The Labute approximate surface area is 127 Å². The van der Waals surface area contributed by atoms with Crippen LogP contribution in [0.25, 0.3) is 0 Å². The lowest BCUT2D eigenvalue weighted by Gasteiger charge is -2.32. The Morgan fingerprint density at radius 1 is 1.29 bits per heavy atom. The van der Waals surface area contributed by atoms with E-state index in [2.05, 4.69) is 6.07 Å². The minimum Gasteiger partial charge on any atom is -0.492 e. The summed E-state index contributed by atoms with van der Waals surface area (Å²) in [6.07, 6.45) is 0.864. The zero-order valence-corrected chi connectivity index (χ0v) is 12.0. The quantitative estimate of drug-likeness (QED) is 0.834. The van der Waals surface area contributed by atoms with E-state index in [0.29, 0.717) is 23.4 Å². The fourth-order valence-electron chi connectivity index (χ4n) is 2.68. The van der Waals surface area contributed by atoms with Crippen molar-refractivity contribution in [1.82, 2.24) is 0 Å². The van der Waals surface area contributed by atoms with E-state index in [0.717, 1.165) is 11.3 Å². The molecule has 0 spiro atoms. The first kappa shape index (κ1) is 13.9. The van der Waals surface area contributed by atoms with Crippen LogP contribution in [-0.2, 0) is 12.8 Å². The summed E-state index contributed by atoms with van der Waals surface area (Å²) in [6.45, 7) is 0.266.